The minimum Gasteiger partial charge on any atom is -0.396 e. The maximum atomic E-state index is 12.3. The van der Waals surface area contributed by atoms with Crippen LogP contribution in [0.2, 0.25) is 0 Å². The number of amides is 1. The predicted octanol–water partition coefficient (Wildman–Crippen LogP) is 2.28. The topological polar surface area (TPSA) is 52.6 Å². The quantitative estimate of drug-likeness (QED) is 0.846. The van der Waals surface area contributed by atoms with Crippen LogP contribution in [0, 0.1) is 5.41 Å². The lowest BCUT2D eigenvalue weighted by atomic mass is 9.84. The molecule has 0 aliphatic heterocycles. The molecule has 4 nitrogen and oxygen atoms in total. The zero-order valence-corrected chi connectivity index (χ0v) is 13.8. The smallest absolute Gasteiger partial charge is 0.251 e. The van der Waals surface area contributed by atoms with E-state index in [1.165, 1.54) is 5.56 Å². The highest BCUT2D eigenvalue weighted by molar-refractivity contribution is 5.94. The van der Waals surface area contributed by atoms with Crippen LogP contribution in [0.1, 0.15) is 43.1 Å². The van der Waals surface area contributed by atoms with E-state index >= 15 is 0 Å². The van der Waals surface area contributed by atoms with E-state index in [0.29, 0.717) is 12.0 Å². The summed E-state index contributed by atoms with van der Waals surface area (Å²) in [5.41, 5.74) is 1.76. The average molecular weight is 292 g/mol. The van der Waals surface area contributed by atoms with E-state index in [4.69, 9.17) is 5.11 Å². The number of carbonyl (C=O) groups excluding carboxylic acids is 1. The van der Waals surface area contributed by atoms with Gasteiger partial charge >= 0.3 is 0 Å². The Labute approximate surface area is 128 Å². The molecule has 21 heavy (non-hydrogen) atoms. The second kappa shape index (κ2) is 7.57. The minimum absolute atomic E-state index is 0.0450. The van der Waals surface area contributed by atoms with Gasteiger partial charge in [0.2, 0.25) is 0 Å². The Bertz CT molecular complexity index is 447. The summed E-state index contributed by atoms with van der Waals surface area (Å²) in [6.45, 7) is 7.12. The van der Waals surface area contributed by atoms with Crippen molar-refractivity contribution in [2.45, 2.75) is 39.8 Å². The summed E-state index contributed by atoms with van der Waals surface area (Å²) >= 11 is 0. The highest BCUT2D eigenvalue weighted by Gasteiger charge is 2.25. The van der Waals surface area contributed by atoms with E-state index in [0.717, 1.165) is 6.54 Å². The monoisotopic (exact) mass is 292 g/mol. The summed E-state index contributed by atoms with van der Waals surface area (Å²) in [7, 11) is 4.03. The molecule has 0 radical (unpaired) electrons. The van der Waals surface area contributed by atoms with Crippen molar-refractivity contribution in [2.75, 3.05) is 20.7 Å². The molecule has 0 aliphatic rings. The number of hydrogen-bond donors (Lipinski definition) is 2. The summed E-state index contributed by atoms with van der Waals surface area (Å²) in [5.74, 6) is -0.0835. The lowest BCUT2D eigenvalue weighted by Crippen LogP contribution is -2.44. The number of nitrogens with zero attached hydrogens (tertiary/aromatic N) is 1. The largest absolute Gasteiger partial charge is 0.396 e. The Morgan fingerprint density at radius 3 is 2.24 bits per heavy atom. The maximum absolute atomic E-state index is 12.3. The Morgan fingerprint density at radius 1 is 1.24 bits per heavy atom. The molecule has 0 saturated carbocycles. The Kier molecular flexibility index (Phi) is 6.37. The number of hydrogen-bond acceptors (Lipinski definition) is 3. The van der Waals surface area contributed by atoms with Crippen LogP contribution < -0.4 is 5.32 Å². The average Bonchev–Trinajstić information content (AvgIpc) is 2.37. The Morgan fingerprint density at radius 2 is 1.81 bits per heavy atom. The highest BCUT2D eigenvalue weighted by Crippen LogP contribution is 2.22. The lowest BCUT2D eigenvalue weighted by Gasteiger charge is -2.31. The number of rotatable bonds is 6. The van der Waals surface area contributed by atoms with Crippen molar-refractivity contribution in [3.05, 3.63) is 35.4 Å². The molecule has 1 amide bonds. The van der Waals surface area contributed by atoms with Gasteiger partial charge in [0.05, 0.1) is 0 Å². The summed E-state index contributed by atoms with van der Waals surface area (Å²) in [4.78, 5) is 14.4. The number of carbonyl (C=O) groups is 1. The molecule has 0 spiro atoms. The third-order valence-electron chi connectivity index (χ3n) is 3.48. The fraction of sp³-hybridized carbons (Fsp3) is 0.588. The van der Waals surface area contributed by atoms with Crippen LogP contribution in [0.3, 0.4) is 0 Å². The van der Waals surface area contributed by atoms with Crippen LogP contribution in [0.4, 0.5) is 0 Å². The molecular weight excluding hydrogens is 264 g/mol. The first-order chi connectivity index (χ1) is 9.74. The molecule has 1 aromatic carbocycles. The predicted molar refractivity (Wildman–Crippen MR) is 86.2 cm³/mol. The molecule has 0 saturated heterocycles. The van der Waals surface area contributed by atoms with E-state index in [2.05, 4.69) is 31.0 Å². The molecular formula is C17H28N2O2. The SMILES string of the molecule is CN(C)Cc1ccc(C(=O)NC(CCO)C(C)(C)C)cc1. The van der Waals surface area contributed by atoms with E-state index in [1.807, 2.05) is 38.4 Å². The van der Waals surface area contributed by atoms with Crippen LogP contribution in [0.5, 0.6) is 0 Å². The van der Waals surface area contributed by atoms with Gasteiger partial charge < -0.3 is 15.3 Å². The first-order valence-electron chi connectivity index (χ1n) is 7.39. The van der Waals surface area contributed by atoms with Crippen LogP contribution >= 0.6 is 0 Å². The zero-order chi connectivity index (χ0) is 16.0. The van der Waals surface area contributed by atoms with Gasteiger partial charge in [-0.05, 0) is 43.6 Å². The van der Waals surface area contributed by atoms with Crippen molar-refractivity contribution in [3.8, 4) is 0 Å². The van der Waals surface area contributed by atoms with Gasteiger partial charge in [-0.2, -0.15) is 0 Å². The number of aliphatic hydroxyl groups is 1. The molecule has 4 heteroatoms. The van der Waals surface area contributed by atoms with E-state index in [9.17, 15) is 4.79 Å². The second-order valence-electron chi connectivity index (χ2n) is 6.84. The number of aliphatic hydroxyl groups excluding tert-OH is 1. The molecule has 1 rings (SSSR count). The number of benzene rings is 1. The number of nitrogens with one attached hydrogen (secondary N) is 1. The summed E-state index contributed by atoms with van der Waals surface area (Å²) in [6.07, 6.45) is 0.563. The normalized spacial score (nSPS) is 13.3. The molecule has 0 heterocycles. The summed E-state index contributed by atoms with van der Waals surface area (Å²) in [6, 6.07) is 7.62. The van der Waals surface area contributed by atoms with Crippen molar-refractivity contribution in [1.82, 2.24) is 10.2 Å². The van der Waals surface area contributed by atoms with Gasteiger partial charge in [0.25, 0.3) is 5.91 Å². The van der Waals surface area contributed by atoms with Gasteiger partial charge in [0, 0.05) is 24.8 Å². The van der Waals surface area contributed by atoms with E-state index < -0.39 is 0 Å². The molecule has 118 valence electrons. The standard InChI is InChI=1S/C17H28N2O2/c1-17(2,3)15(10-11-20)18-16(21)14-8-6-13(7-9-14)12-19(4)5/h6-9,15,20H,10-12H2,1-5H3,(H,18,21). The van der Waals surface area contributed by atoms with Gasteiger partial charge in [-0.3, -0.25) is 4.79 Å². The molecule has 1 atom stereocenters. The molecule has 1 unspecified atom stereocenters. The Hall–Kier alpha value is -1.39. The van der Waals surface area contributed by atoms with Crippen molar-refractivity contribution in [3.63, 3.8) is 0 Å². The van der Waals surface area contributed by atoms with Crippen molar-refractivity contribution < 1.29 is 9.90 Å². The van der Waals surface area contributed by atoms with E-state index in [1.54, 1.807) is 0 Å². The minimum atomic E-state index is -0.0835. The van der Waals surface area contributed by atoms with Gasteiger partial charge in [-0.25, -0.2) is 0 Å². The van der Waals surface area contributed by atoms with Crippen molar-refractivity contribution >= 4 is 5.91 Å². The fourth-order valence-electron chi connectivity index (χ4n) is 2.22. The highest BCUT2D eigenvalue weighted by atomic mass is 16.3. The third kappa shape index (κ3) is 5.86. The van der Waals surface area contributed by atoms with Crippen LogP contribution in [-0.2, 0) is 6.54 Å². The molecule has 1 aromatic rings. The van der Waals surface area contributed by atoms with Gasteiger partial charge in [0.15, 0.2) is 0 Å². The van der Waals surface area contributed by atoms with E-state index in [-0.39, 0.29) is 24.0 Å². The second-order valence-corrected chi connectivity index (χ2v) is 6.84. The van der Waals surface area contributed by atoms with Crippen LogP contribution in [-0.4, -0.2) is 42.7 Å². The van der Waals surface area contributed by atoms with Gasteiger partial charge in [0.1, 0.15) is 0 Å². The third-order valence-corrected chi connectivity index (χ3v) is 3.48. The molecule has 0 aromatic heterocycles. The molecule has 0 bridgehead atoms. The van der Waals surface area contributed by atoms with Gasteiger partial charge in [-0.1, -0.05) is 32.9 Å². The fourth-order valence-corrected chi connectivity index (χ4v) is 2.22. The Balaban J connectivity index is 2.74. The lowest BCUT2D eigenvalue weighted by molar-refractivity contribution is 0.0885. The summed E-state index contributed by atoms with van der Waals surface area (Å²) < 4.78 is 0. The van der Waals surface area contributed by atoms with Gasteiger partial charge in [-0.15, -0.1) is 0 Å². The maximum Gasteiger partial charge on any atom is 0.251 e. The van der Waals surface area contributed by atoms with Crippen LogP contribution in [0.15, 0.2) is 24.3 Å². The van der Waals surface area contributed by atoms with Crippen molar-refractivity contribution in [1.29, 1.82) is 0 Å². The molecule has 2 N–H and O–H groups in total. The molecule has 0 fully saturated rings. The molecule has 0 aliphatic carbocycles. The van der Waals surface area contributed by atoms with Crippen LogP contribution in [0.25, 0.3) is 0 Å². The first kappa shape index (κ1) is 17.7. The zero-order valence-electron chi connectivity index (χ0n) is 13.8. The van der Waals surface area contributed by atoms with Crippen molar-refractivity contribution in [2.24, 2.45) is 5.41 Å². The summed E-state index contributed by atoms with van der Waals surface area (Å²) in [5, 5.41) is 12.2. The first-order valence-corrected chi connectivity index (χ1v) is 7.39.